The number of rotatable bonds is 1. The highest BCUT2D eigenvalue weighted by Crippen LogP contribution is 2.36. The largest absolute Gasteiger partial charge is 0.407 e. The van der Waals surface area contributed by atoms with Gasteiger partial charge in [0.2, 0.25) is 0 Å². The molecular formula is C8H6ClF3IN. The molecule has 0 aliphatic rings. The van der Waals surface area contributed by atoms with Gasteiger partial charge >= 0.3 is 6.18 Å². The van der Waals surface area contributed by atoms with E-state index in [1.165, 1.54) is 12.1 Å². The van der Waals surface area contributed by atoms with E-state index in [1.807, 2.05) is 0 Å². The Morgan fingerprint density at radius 3 is 2.36 bits per heavy atom. The monoisotopic (exact) mass is 335 g/mol. The lowest BCUT2D eigenvalue weighted by Crippen LogP contribution is -2.29. The molecule has 0 aliphatic carbocycles. The smallest absolute Gasteiger partial charge is 0.316 e. The molecule has 0 unspecified atom stereocenters. The first kappa shape index (κ1) is 12.1. The van der Waals surface area contributed by atoms with Gasteiger partial charge in [0.1, 0.15) is 6.04 Å². The van der Waals surface area contributed by atoms with Gasteiger partial charge in [0, 0.05) is 14.2 Å². The number of alkyl halides is 3. The summed E-state index contributed by atoms with van der Waals surface area (Å²) in [6.07, 6.45) is -4.47. The predicted molar refractivity (Wildman–Crippen MR) is 57.2 cm³/mol. The first-order chi connectivity index (χ1) is 6.34. The summed E-state index contributed by atoms with van der Waals surface area (Å²) in [7, 11) is 0. The van der Waals surface area contributed by atoms with Crippen LogP contribution in [0.3, 0.4) is 0 Å². The molecular weight excluding hydrogens is 329 g/mol. The Morgan fingerprint density at radius 1 is 1.36 bits per heavy atom. The third kappa shape index (κ3) is 2.52. The fourth-order valence-electron chi connectivity index (χ4n) is 0.971. The molecule has 0 heterocycles. The lowest BCUT2D eigenvalue weighted by atomic mass is 10.1. The van der Waals surface area contributed by atoms with E-state index in [4.69, 9.17) is 17.3 Å². The van der Waals surface area contributed by atoms with Crippen LogP contribution in [0.25, 0.3) is 0 Å². The third-order valence-corrected chi connectivity index (χ3v) is 2.93. The van der Waals surface area contributed by atoms with Crippen molar-refractivity contribution in [1.29, 1.82) is 0 Å². The van der Waals surface area contributed by atoms with Crippen molar-refractivity contribution < 1.29 is 13.2 Å². The van der Waals surface area contributed by atoms with E-state index >= 15 is 0 Å². The van der Waals surface area contributed by atoms with E-state index in [2.05, 4.69) is 0 Å². The van der Waals surface area contributed by atoms with Crippen LogP contribution in [0.5, 0.6) is 0 Å². The van der Waals surface area contributed by atoms with Gasteiger partial charge in [-0.05, 0) is 34.7 Å². The molecule has 1 aromatic carbocycles. The van der Waals surface area contributed by atoms with E-state index in [9.17, 15) is 13.2 Å². The lowest BCUT2D eigenvalue weighted by Gasteiger charge is -2.18. The van der Waals surface area contributed by atoms with Crippen molar-refractivity contribution in [3.8, 4) is 0 Å². The van der Waals surface area contributed by atoms with Gasteiger partial charge in [-0.25, -0.2) is 0 Å². The van der Waals surface area contributed by atoms with Crippen molar-refractivity contribution in [1.82, 2.24) is 0 Å². The fourth-order valence-corrected chi connectivity index (χ4v) is 2.26. The van der Waals surface area contributed by atoms with Crippen LogP contribution in [0.15, 0.2) is 18.2 Å². The van der Waals surface area contributed by atoms with E-state index in [0.717, 1.165) is 0 Å². The number of halogens is 5. The molecule has 0 aliphatic heterocycles. The molecule has 14 heavy (non-hydrogen) atoms. The minimum atomic E-state index is -4.47. The summed E-state index contributed by atoms with van der Waals surface area (Å²) in [4.78, 5) is 0. The van der Waals surface area contributed by atoms with E-state index in [1.54, 1.807) is 28.7 Å². The van der Waals surface area contributed by atoms with Crippen LogP contribution >= 0.6 is 34.2 Å². The highest BCUT2D eigenvalue weighted by atomic mass is 127. The summed E-state index contributed by atoms with van der Waals surface area (Å²) in [5.41, 5.74) is 4.99. The Hall–Kier alpha value is -0.0100. The van der Waals surface area contributed by atoms with Gasteiger partial charge in [0.25, 0.3) is 0 Å². The first-order valence-electron chi connectivity index (χ1n) is 3.60. The van der Waals surface area contributed by atoms with Gasteiger partial charge in [0.15, 0.2) is 0 Å². The van der Waals surface area contributed by atoms with Crippen molar-refractivity contribution in [2.45, 2.75) is 12.2 Å². The van der Waals surface area contributed by atoms with Crippen molar-refractivity contribution in [2.75, 3.05) is 0 Å². The van der Waals surface area contributed by atoms with Crippen LogP contribution in [0.4, 0.5) is 13.2 Å². The molecule has 0 fully saturated rings. The molecule has 0 amide bonds. The summed E-state index contributed by atoms with van der Waals surface area (Å²) in [5.74, 6) is 0. The van der Waals surface area contributed by atoms with E-state index in [-0.39, 0.29) is 10.6 Å². The van der Waals surface area contributed by atoms with Crippen molar-refractivity contribution in [3.63, 3.8) is 0 Å². The molecule has 0 saturated carbocycles. The highest BCUT2D eigenvalue weighted by Gasteiger charge is 2.39. The molecule has 1 nitrogen and oxygen atoms in total. The molecule has 0 saturated heterocycles. The maximum Gasteiger partial charge on any atom is 0.407 e. The topological polar surface area (TPSA) is 26.0 Å². The molecule has 1 aromatic rings. The Morgan fingerprint density at radius 2 is 1.93 bits per heavy atom. The Balaban J connectivity index is 3.19. The maximum absolute atomic E-state index is 12.3. The second-order valence-corrected chi connectivity index (χ2v) is 4.22. The summed E-state index contributed by atoms with van der Waals surface area (Å²) < 4.78 is 37.3. The lowest BCUT2D eigenvalue weighted by molar-refractivity contribution is -0.149. The molecule has 78 valence electrons. The summed E-state index contributed by atoms with van der Waals surface area (Å²) >= 11 is 7.42. The van der Waals surface area contributed by atoms with Crippen molar-refractivity contribution in [3.05, 3.63) is 32.4 Å². The van der Waals surface area contributed by atoms with E-state index < -0.39 is 12.2 Å². The van der Waals surface area contributed by atoms with Gasteiger partial charge in [-0.15, -0.1) is 0 Å². The zero-order chi connectivity index (χ0) is 10.9. The highest BCUT2D eigenvalue weighted by molar-refractivity contribution is 14.1. The molecule has 0 bridgehead atoms. The van der Waals surface area contributed by atoms with Crippen LogP contribution in [-0.4, -0.2) is 6.18 Å². The second-order valence-electron chi connectivity index (χ2n) is 2.65. The van der Waals surface area contributed by atoms with Crippen molar-refractivity contribution in [2.24, 2.45) is 5.73 Å². The second kappa shape index (κ2) is 4.24. The van der Waals surface area contributed by atoms with Crippen LogP contribution in [0.1, 0.15) is 11.6 Å². The standard InChI is InChI=1S/C8H6ClF3IN/c9-4-2-1-3-5(13)6(4)7(14)8(10,11)12/h1-3,7H,14H2/t7-/m0/s1. The zero-order valence-corrected chi connectivity index (χ0v) is 9.69. The van der Waals surface area contributed by atoms with Gasteiger partial charge in [-0.3, -0.25) is 0 Å². The van der Waals surface area contributed by atoms with E-state index in [0.29, 0.717) is 3.57 Å². The quantitative estimate of drug-likeness (QED) is 0.781. The predicted octanol–water partition coefficient (Wildman–Crippen LogP) is 3.51. The number of nitrogens with two attached hydrogens (primary N) is 1. The normalized spacial score (nSPS) is 14.1. The number of hydrogen-bond acceptors (Lipinski definition) is 1. The number of hydrogen-bond donors (Lipinski definition) is 1. The zero-order valence-electron chi connectivity index (χ0n) is 6.78. The third-order valence-electron chi connectivity index (χ3n) is 1.66. The van der Waals surface area contributed by atoms with Crippen LogP contribution in [0.2, 0.25) is 5.02 Å². The Bertz CT molecular complexity index is 320. The molecule has 6 heteroatoms. The average molecular weight is 335 g/mol. The summed E-state index contributed by atoms with van der Waals surface area (Å²) in [5, 5.41) is 0.0433. The molecule has 0 radical (unpaired) electrons. The SMILES string of the molecule is N[C@@H](c1c(Cl)cccc1I)C(F)(F)F. The maximum atomic E-state index is 12.3. The van der Waals surface area contributed by atoms with Crippen molar-refractivity contribution >= 4 is 34.2 Å². The first-order valence-corrected chi connectivity index (χ1v) is 5.06. The Labute approximate surface area is 97.6 Å². The molecule has 0 aromatic heterocycles. The summed E-state index contributed by atoms with van der Waals surface area (Å²) in [6, 6.07) is 2.48. The van der Waals surface area contributed by atoms with Gasteiger partial charge < -0.3 is 5.73 Å². The van der Waals surface area contributed by atoms with Gasteiger partial charge in [0.05, 0.1) is 0 Å². The molecule has 2 N–H and O–H groups in total. The molecule has 1 atom stereocenters. The molecule has 1 rings (SSSR count). The summed E-state index contributed by atoms with van der Waals surface area (Å²) in [6.45, 7) is 0. The van der Waals surface area contributed by atoms with Crippen LogP contribution in [0, 0.1) is 3.57 Å². The van der Waals surface area contributed by atoms with Crippen LogP contribution < -0.4 is 5.73 Å². The minimum absolute atomic E-state index is 0.0433. The van der Waals surface area contributed by atoms with Gasteiger partial charge in [-0.1, -0.05) is 17.7 Å². The minimum Gasteiger partial charge on any atom is -0.316 e. The van der Waals surface area contributed by atoms with Gasteiger partial charge in [-0.2, -0.15) is 13.2 Å². The van der Waals surface area contributed by atoms with Crippen LogP contribution in [-0.2, 0) is 0 Å². The average Bonchev–Trinajstić information content (AvgIpc) is 2.01. The number of benzene rings is 1. The Kier molecular flexibility index (Phi) is 3.65. The fraction of sp³-hybridized carbons (Fsp3) is 0.250. The molecule has 0 spiro atoms.